The molecule has 1 aromatic carbocycles. The van der Waals surface area contributed by atoms with Gasteiger partial charge in [0.05, 0.1) is 6.04 Å². The molecule has 3 N–H and O–H groups in total. The van der Waals surface area contributed by atoms with Crippen LogP contribution >= 0.6 is 0 Å². The van der Waals surface area contributed by atoms with Crippen molar-refractivity contribution in [3.63, 3.8) is 0 Å². The van der Waals surface area contributed by atoms with Crippen molar-refractivity contribution in [1.82, 2.24) is 5.32 Å². The molecule has 20 heavy (non-hydrogen) atoms. The maximum Gasteiger partial charge on any atom is 0.237 e. The predicted molar refractivity (Wildman–Crippen MR) is 78.1 cm³/mol. The van der Waals surface area contributed by atoms with E-state index < -0.39 is 6.04 Å². The third-order valence-corrected chi connectivity index (χ3v) is 3.56. The van der Waals surface area contributed by atoms with E-state index in [1.54, 1.807) is 4.90 Å². The van der Waals surface area contributed by atoms with Gasteiger partial charge in [-0.05, 0) is 30.5 Å². The highest BCUT2D eigenvalue weighted by molar-refractivity contribution is 5.95. The van der Waals surface area contributed by atoms with E-state index in [-0.39, 0.29) is 11.8 Å². The van der Waals surface area contributed by atoms with Gasteiger partial charge in [-0.1, -0.05) is 19.1 Å². The van der Waals surface area contributed by atoms with Crippen molar-refractivity contribution < 1.29 is 9.59 Å². The average molecular weight is 275 g/mol. The van der Waals surface area contributed by atoms with Crippen molar-refractivity contribution in [3.8, 4) is 0 Å². The van der Waals surface area contributed by atoms with E-state index in [2.05, 4.69) is 5.32 Å². The first kappa shape index (κ1) is 14.5. The summed E-state index contributed by atoms with van der Waals surface area (Å²) in [6.07, 6.45) is 2.18. The largest absolute Gasteiger partial charge is 0.351 e. The zero-order valence-electron chi connectivity index (χ0n) is 11.8. The summed E-state index contributed by atoms with van der Waals surface area (Å²) in [5.41, 5.74) is 7.57. The van der Waals surface area contributed by atoms with Crippen LogP contribution in [-0.2, 0) is 16.1 Å². The zero-order chi connectivity index (χ0) is 14.5. The maximum atomic E-state index is 11.6. The highest BCUT2D eigenvalue weighted by Crippen LogP contribution is 2.21. The number of nitrogens with zero attached hydrogens (tertiary/aromatic N) is 1. The molecule has 0 radical (unpaired) electrons. The summed E-state index contributed by atoms with van der Waals surface area (Å²) in [7, 11) is 0. The van der Waals surface area contributed by atoms with Crippen molar-refractivity contribution in [2.75, 3.05) is 11.4 Å². The number of rotatable bonds is 5. The molecule has 0 saturated carbocycles. The number of nitrogens with two attached hydrogens (primary N) is 1. The highest BCUT2D eigenvalue weighted by Gasteiger charge is 2.21. The first-order valence-electron chi connectivity index (χ1n) is 7.04. The van der Waals surface area contributed by atoms with E-state index in [9.17, 15) is 9.59 Å². The molecule has 1 atom stereocenters. The Labute approximate surface area is 119 Å². The summed E-state index contributed by atoms with van der Waals surface area (Å²) in [4.78, 5) is 25.0. The quantitative estimate of drug-likeness (QED) is 0.847. The Kier molecular flexibility index (Phi) is 4.74. The lowest BCUT2D eigenvalue weighted by Crippen LogP contribution is -2.39. The minimum Gasteiger partial charge on any atom is -0.351 e. The molecule has 1 aromatic rings. The van der Waals surface area contributed by atoms with Gasteiger partial charge in [0.25, 0.3) is 0 Å². The fourth-order valence-corrected chi connectivity index (χ4v) is 2.22. The molecule has 1 saturated heterocycles. The molecular weight excluding hydrogens is 254 g/mol. The van der Waals surface area contributed by atoms with Crippen molar-refractivity contribution in [3.05, 3.63) is 29.8 Å². The molecule has 0 aliphatic carbocycles. The molecule has 1 unspecified atom stereocenters. The number of nitrogens with one attached hydrogen (secondary N) is 1. The first-order valence-corrected chi connectivity index (χ1v) is 7.04. The molecule has 1 aliphatic rings. The Morgan fingerprint density at radius 2 is 2.10 bits per heavy atom. The number of carbonyl (C=O) groups excluding carboxylic acids is 2. The fraction of sp³-hybridized carbons (Fsp3) is 0.467. The maximum absolute atomic E-state index is 11.6. The molecule has 1 heterocycles. The summed E-state index contributed by atoms with van der Waals surface area (Å²) in [6.45, 7) is 3.13. The lowest BCUT2D eigenvalue weighted by atomic mass is 10.2. The van der Waals surface area contributed by atoms with E-state index in [0.29, 0.717) is 19.4 Å². The molecular formula is C15H21N3O2. The Hall–Kier alpha value is -1.88. The van der Waals surface area contributed by atoms with Crippen LogP contribution < -0.4 is 16.0 Å². The number of anilines is 1. The SMILES string of the molecule is CCC(N)C(=O)NCc1ccc(N2CCCC2=O)cc1. The van der Waals surface area contributed by atoms with Crippen LogP contribution in [0.15, 0.2) is 24.3 Å². The Balaban J connectivity index is 1.92. The van der Waals surface area contributed by atoms with E-state index in [1.807, 2.05) is 31.2 Å². The second kappa shape index (κ2) is 6.52. The molecule has 1 fully saturated rings. The monoisotopic (exact) mass is 275 g/mol. The minimum atomic E-state index is -0.448. The highest BCUT2D eigenvalue weighted by atomic mass is 16.2. The molecule has 0 bridgehead atoms. The van der Waals surface area contributed by atoms with Gasteiger partial charge in [-0.3, -0.25) is 9.59 Å². The zero-order valence-corrected chi connectivity index (χ0v) is 11.8. The fourth-order valence-electron chi connectivity index (χ4n) is 2.22. The molecule has 0 spiro atoms. The second-order valence-electron chi connectivity index (χ2n) is 5.05. The first-order chi connectivity index (χ1) is 9.61. The van der Waals surface area contributed by atoms with Crippen molar-refractivity contribution >= 4 is 17.5 Å². The van der Waals surface area contributed by atoms with Gasteiger partial charge in [0.15, 0.2) is 0 Å². The van der Waals surface area contributed by atoms with E-state index >= 15 is 0 Å². The topological polar surface area (TPSA) is 75.4 Å². The van der Waals surface area contributed by atoms with Crippen LogP contribution in [0, 0.1) is 0 Å². The van der Waals surface area contributed by atoms with E-state index in [1.165, 1.54) is 0 Å². The molecule has 5 nitrogen and oxygen atoms in total. The van der Waals surface area contributed by atoms with Gasteiger partial charge in [-0.2, -0.15) is 0 Å². The van der Waals surface area contributed by atoms with E-state index in [0.717, 1.165) is 24.2 Å². The van der Waals surface area contributed by atoms with Crippen LogP contribution in [0.1, 0.15) is 31.7 Å². The van der Waals surface area contributed by atoms with Crippen LogP contribution in [0.4, 0.5) is 5.69 Å². The summed E-state index contributed by atoms with van der Waals surface area (Å²) in [5.74, 6) is 0.0475. The third-order valence-electron chi connectivity index (χ3n) is 3.56. The minimum absolute atomic E-state index is 0.133. The van der Waals surface area contributed by atoms with Gasteiger partial charge in [-0.15, -0.1) is 0 Å². The van der Waals surface area contributed by atoms with Crippen LogP contribution in [0.5, 0.6) is 0 Å². The molecule has 108 valence electrons. The summed E-state index contributed by atoms with van der Waals surface area (Å²) in [6, 6.07) is 7.25. The van der Waals surface area contributed by atoms with Crippen LogP contribution in [0.2, 0.25) is 0 Å². The summed E-state index contributed by atoms with van der Waals surface area (Å²) < 4.78 is 0. The van der Waals surface area contributed by atoms with Gasteiger partial charge in [-0.25, -0.2) is 0 Å². The number of hydrogen-bond acceptors (Lipinski definition) is 3. The standard InChI is InChI=1S/C15H21N3O2/c1-2-13(16)15(20)17-10-11-5-7-12(8-6-11)18-9-3-4-14(18)19/h5-8,13H,2-4,9-10,16H2,1H3,(H,17,20). The number of carbonyl (C=O) groups is 2. The van der Waals surface area contributed by atoms with Crippen LogP contribution in [0.25, 0.3) is 0 Å². The summed E-state index contributed by atoms with van der Waals surface area (Å²) >= 11 is 0. The average Bonchev–Trinajstić information content (AvgIpc) is 2.90. The molecule has 0 aromatic heterocycles. The third kappa shape index (κ3) is 3.36. The van der Waals surface area contributed by atoms with Gasteiger partial charge < -0.3 is 16.0 Å². The second-order valence-corrected chi connectivity index (χ2v) is 5.05. The Bertz CT molecular complexity index is 484. The van der Waals surface area contributed by atoms with Crippen molar-refractivity contribution in [2.45, 2.75) is 38.8 Å². The van der Waals surface area contributed by atoms with Crippen LogP contribution in [-0.4, -0.2) is 24.4 Å². The molecule has 2 amide bonds. The van der Waals surface area contributed by atoms with Crippen molar-refractivity contribution in [2.24, 2.45) is 5.73 Å². The number of amides is 2. The van der Waals surface area contributed by atoms with Crippen LogP contribution in [0.3, 0.4) is 0 Å². The number of benzene rings is 1. The molecule has 5 heteroatoms. The lowest BCUT2D eigenvalue weighted by Gasteiger charge is -2.16. The Morgan fingerprint density at radius 3 is 2.65 bits per heavy atom. The lowest BCUT2D eigenvalue weighted by molar-refractivity contribution is -0.122. The molecule has 1 aliphatic heterocycles. The van der Waals surface area contributed by atoms with Gasteiger partial charge in [0.1, 0.15) is 0 Å². The normalized spacial score (nSPS) is 16.3. The van der Waals surface area contributed by atoms with E-state index in [4.69, 9.17) is 5.73 Å². The van der Waals surface area contributed by atoms with Gasteiger partial charge >= 0.3 is 0 Å². The van der Waals surface area contributed by atoms with Gasteiger partial charge in [0.2, 0.25) is 11.8 Å². The predicted octanol–water partition coefficient (Wildman–Crippen LogP) is 1.17. The Morgan fingerprint density at radius 1 is 1.40 bits per heavy atom. The van der Waals surface area contributed by atoms with Crippen molar-refractivity contribution in [1.29, 1.82) is 0 Å². The van der Waals surface area contributed by atoms with Gasteiger partial charge in [0, 0.05) is 25.2 Å². The number of hydrogen-bond donors (Lipinski definition) is 2. The molecule has 2 rings (SSSR count). The smallest absolute Gasteiger partial charge is 0.237 e. The summed E-state index contributed by atoms with van der Waals surface area (Å²) in [5, 5.41) is 2.80.